The Labute approximate surface area is 125 Å². The first-order chi connectivity index (χ1) is 9.65. The summed E-state index contributed by atoms with van der Waals surface area (Å²) in [5.74, 6) is -1.20. The Kier molecular flexibility index (Phi) is 5.76. The van der Waals surface area contributed by atoms with Crippen molar-refractivity contribution >= 4 is 12.1 Å². The molecule has 0 fully saturated rings. The molecule has 1 rings (SSSR count). The van der Waals surface area contributed by atoms with E-state index >= 15 is 0 Å². The number of aliphatic carboxylic acids is 1. The zero-order chi connectivity index (χ0) is 16.0. The number of hydrogen-bond donors (Lipinski definition) is 1. The van der Waals surface area contributed by atoms with Crippen LogP contribution in [0, 0.1) is 6.92 Å². The van der Waals surface area contributed by atoms with E-state index in [0.29, 0.717) is 6.42 Å². The van der Waals surface area contributed by atoms with Gasteiger partial charge in [-0.15, -0.1) is 0 Å². The van der Waals surface area contributed by atoms with E-state index in [1.165, 1.54) is 0 Å². The normalized spacial score (nSPS) is 12.6. The zero-order valence-corrected chi connectivity index (χ0v) is 12.9. The third kappa shape index (κ3) is 7.34. The van der Waals surface area contributed by atoms with E-state index in [1.54, 1.807) is 20.8 Å². The number of rotatable bonds is 5. The molecule has 5 heteroatoms. The van der Waals surface area contributed by atoms with Crippen molar-refractivity contribution in [1.82, 2.24) is 5.32 Å². The molecule has 0 unspecified atom stereocenters. The lowest BCUT2D eigenvalue weighted by Gasteiger charge is -2.24. The van der Waals surface area contributed by atoms with E-state index in [4.69, 9.17) is 4.74 Å². The summed E-state index contributed by atoms with van der Waals surface area (Å²) in [5.41, 5.74) is 1.41. The predicted octanol–water partition coefficient (Wildman–Crippen LogP) is 1.57. The van der Waals surface area contributed by atoms with Gasteiger partial charge < -0.3 is 20.0 Å². The van der Waals surface area contributed by atoms with Crippen molar-refractivity contribution in [3.05, 3.63) is 35.4 Å². The second kappa shape index (κ2) is 7.11. The van der Waals surface area contributed by atoms with Gasteiger partial charge in [0, 0.05) is 18.4 Å². The van der Waals surface area contributed by atoms with Gasteiger partial charge >= 0.3 is 6.09 Å². The number of hydrogen-bond acceptors (Lipinski definition) is 4. The Bertz CT molecular complexity index is 505. The summed E-state index contributed by atoms with van der Waals surface area (Å²) in [6, 6.07) is 7.14. The van der Waals surface area contributed by atoms with Crippen LogP contribution in [0.25, 0.3) is 0 Å². The molecule has 0 bridgehead atoms. The molecular weight excluding hydrogens is 270 g/mol. The smallest absolute Gasteiger partial charge is 0.407 e. The van der Waals surface area contributed by atoms with Crippen LogP contribution >= 0.6 is 0 Å². The largest absolute Gasteiger partial charge is 0.550 e. The summed E-state index contributed by atoms with van der Waals surface area (Å²) in [6.45, 7) is 7.21. The summed E-state index contributed by atoms with van der Waals surface area (Å²) < 4.78 is 5.15. The molecule has 116 valence electrons. The molecule has 1 atom stereocenters. The highest BCUT2D eigenvalue weighted by molar-refractivity contribution is 5.70. The van der Waals surface area contributed by atoms with E-state index in [2.05, 4.69) is 5.32 Å². The number of aryl methyl sites for hydroxylation is 1. The van der Waals surface area contributed by atoms with Gasteiger partial charge in [-0.3, -0.25) is 0 Å². The first-order valence-electron chi connectivity index (χ1n) is 6.90. The van der Waals surface area contributed by atoms with Crippen LogP contribution in [0.5, 0.6) is 0 Å². The fourth-order valence-corrected chi connectivity index (χ4v) is 1.97. The Balaban J connectivity index is 2.72. The number of nitrogens with one attached hydrogen (secondary N) is 1. The minimum atomic E-state index is -1.20. The number of carbonyl (C=O) groups is 2. The van der Waals surface area contributed by atoms with Gasteiger partial charge in [-0.25, -0.2) is 4.79 Å². The van der Waals surface area contributed by atoms with Crippen molar-refractivity contribution in [2.75, 3.05) is 0 Å². The van der Waals surface area contributed by atoms with Crippen LogP contribution in [-0.4, -0.2) is 23.7 Å². The van der Waals surface area contributed by atoms with Crippen LogP contribution in [0.15, 0.2) is 24.3 Å². The average molecular weight is 292 g/mol. The zero-order valence-electron chi connectivity index (χ0n) is 12.9. The molecule has 1 aromatic rings. The number of benzene rings is 1. The fourth-order valence-electron chi connectivity index (χ4n) is 1.97. The minimum Gasteiger partial charge on any atom is -0.550 e. The van der Waals surface area contributed by atoms with Crippen LogP contribution < -0.4 is 10.4 Å². The summed E-state index contributed by atoms with van der Waals surface area (Å²) in [5, 5.41) is 13.4. The first-order valence-corrected chi connectivity index (χ1v) is 6.90. The molecule has 0 aliphatic carbocycles. The Morgan fingerprint density at radius 1 is 1.33 bits per heavy atom. The van der Waals surface area contributed by atoms with E-state index < -0.39 is 23.7 Å². The molecule has 0 aromatic heterocycles. The standard InChI is InChI=1S/C16H23NO4/c1-11-6-5-7-12(8-11)9-13(10-14(18)19)17-15(20)21-16(2,3)4/h5-8,13H,9-10H2,1-4H3,(H,17,20)(H,18,19)/p-1/t13-/m0/s1. The lowest BCUT2D eigenvalue weighted by Crippen LogP contribution is -2.43. The molecular formula is C16H22NO4-. The maximum absolute atomic E-state index is 11.8. The second-order valence-electron chi connectivity index (χ2n) is 6.11. The van der Waals surface area contributed by atoms with Crippen LogP contribution in [-0.2, 0) is 16.0 Å². The monoisotopic (exact) mass is 292 g/mol. The molecule has 0 aliphatic rings. The van der Waals surface area contributed by atoms with Crippen LogP contribution in [0.2, 0.25) is 0 Å². The maximum Gasteiger partial charge on any atom is 0.407 e. The van der Waals surface area contributed by atoms with Gasteiger partial charge in [-0.1, -0.05) is 29.8 Å². The molecule has 1 N–H and O–H groups in total. The van der Waals surface area contributed by atoms with Crippen LogP contribution in [0.1, 0.15) is 38.3 Å². The van der Waals surface area contributed by atoms with Crippen molar-refractivity contribution in [2.45, 2.75) is 52.2 Å². The van der Waals surface area contributed by atoms with Crippen molar-refractivity contribution in [3.8, 4) is 0 Å². The molecule has 1 amide bonds. The summed E-state index contributed by atoms with van der Waals surface area (Å²) >= 11 is 0. The number of carbonyl (C=O) groups excluding carboxylic acids is 2. The van der Waals surface area contributed by atoms with E-state index in [-0.39, 0.29) is 6.42 Å². The SMILES string of the molecule is Cc1cccc(C[C@@H](CC(=O)[O-])NC(=O)OC(C)(C)C)c1. The topological polar surface area (TPSA) is 78.5 Å². The Hall–Kier alpha value is -2.04. The highest BCUT2D eigenvalue weighted by atomic mass is 16.6. The lowest BCUT2D eigenvalue weighted by atomic mass is 10.0. The number of carboxylic acids is 1. The summed E-state index contributed by atoms with van der Waals surface area (Å²) in [4.78, 5) is 22.6. The van der Waals surface area contributed by atoms with Crippen molar-refractivity contribution in [2.24, 2.45) is 0 Å². The van der Waals surface area contributed by atoms with Crippen molar-refractivity contribution < 1.29 is 19.4 Å². The van der Waals surface area contributed by atoms with Gasteiger partial charge in [0.25, 0.3) is 0 Å². The summed E-state index contributed by atoms with van der Waals surface area (Å²) in [6.07, 6.45) is -0.469. The van der Waals surface area contributed by atoms with Gasteiger partial charge in [0.2, 0.25) is 0 Å². The molecule has 1 aromatic carbocycles. The number of alkyl carbamates (subject to hydrolysis) is 1. The second-order valence-corrected chi connectivity index (χ2v) is 6.11. The van der Waals surface area contributed by atoms with Gasteiger partial charge in [0.05, 0.1) is 0 Å². The summed E-state index contributed by atoms with van der Waals surface area (Å²) in [7, 11) is 0. The Morgan fingerprint density at radius 3 is 2.52 bits per heavy atom. The lowest BCUT2D eigenvalue weighted by molar-refractivity contribution is -0.306. The number of carboxylic acid groups (broad SMARTS) is 1. The molecule has 0 radical (unpaired) electrons. The van der Waals surface area contributed by atoms with Crippen LogP contribution in [0.3, 0.4) is 0 Å². The van der Waals surface area contributed by atoms with Gasteiger partial charge in [-0.05, 0) is 39.7 Å². The highest BCUT2D eigenvalue weighted by Crippen LogP contribution is 2.11. The molecule has 0 saturated heterocycles. The highest BCUT2D eigenvalue weighted by Gasteiger charge is 2.20. The number of ether oxygens (including phenoxy) is 1. The van der Waals surface area contributed by atoms with Crippen LogP contribution in [0.4, 0.5) is 4.79 Å². The first kappa shape index (κ1) is 17.0. The third-order valence-corrected chi connectivity index (χ3v) is 2.70. The van der Waals surface area contributed by atoms with E-state index in [0.717, 1.165) is 11.1 Å². The maximum atomic E-state index is 11.8. The quantitative estimate of drug-likeness (QED) is 0.893. The molecule has 5 nitrogen and oxygen atoms in total. The van der Waals surface area contributed by atoms with Crippen molar-refractivity contribution in [1.29, 1.82) is 0 Å². The van der Waals surface area contributed by atoms with Gasteiger partial charge in [0.15, 0.2) is 0 Å². The Morgan fingerprint density at radius 2 is 2.00 bits per heavy atom. The molecule has 21 heavy (non-hydrogen) atoms. The minimum absolute atomic E-state index is 0.257. The molecule has 0 saturated carbocycles. The van der Waals surface area contributed by atoms with E-state index in [9.17, 15) is 14.7 Å². The predicted molar refractivity (Wildman–Crippen MR) is 77.7 cm³/mol. The van der Waals surface area contributed by atoms with Gasteiger partial charge in [0.1, 0.15) is 5.60 Å². The molecule has 0 spiro atoms. The third-order valence-electron chi connectivity index (χ3n) is 2.70. The van der Waals surface area contributed by atoms with Gasteiger partial charge in [-0.2, -0.15) is 0 Å². The molecule has 0 aliphatic heterocycles. The van der Waals surface area contributed by atoms with Crippen molar-refractivity contribution in [3.63, 3.8) is 0 Å². The average Bonchev–Trinajstić information content (AvgIpc) is 2.24. The van der Waals surface area contributed by atoms with E-state index in [1.807, 2.05) is 31.2 Å². The fraction of sp³-hybridized carbons (Fsp3) is 0.500. The molecule has 0 heterocycles. The number of amides is 1.